The summed E-state index contributed by atoms with van der Waals surface area (Å²) < 4.78 is 35.0. The maximum Gasteiger partial charge on any atom is 0.199 e. The molecule has 0 amide bonds. The summed E-state index contributed by atoms with van der Waals surface area (Å²) in [4.78, 5) is 6.42. The van der Waals surface area contributed by atoms with Gasteiger partial charge in [-0.15, -0.1) is 0 Å². The highest BCUT2D eigenvalue weighted by atomic mass is 32.2. The molecule has 0 aliphatic carbocycles. The third-order valence-corrected chi connectivity index (χ3v) is 7.37. The summed E-state index contributed by atoms with van der Waals surface area (Å²) in [5.41, 5.74) is 9.20. The van der Waals surface area contributed by atoms with Crippen LogP contribution in [0.2, 0.25) is 0 Å². The Morgan fingerprint density at radius 2 is 1.79 bits per heavy atom. The number of furan rings is 1. The lowest BCUT2D eigenvalue weighted by Gasteiger charge is -2.25. The Morgan fingerprint density at radius 1 is 1.00 bits per heavy atom. The molecule has 196 valence electrons. The third kappa shape index (κ3) is 6.41. The number of fused-ring (bicyclic) bond motifs is 1. The Hall–Kier alpha value is -4.12. The van der Waals surface area contributed by atoms with Gasteiger partial charge in [-0.1, -0.05) is 18.2 Å². The number of nitrogens with one attached hydrogen (secondary N) is 2. The number of anilines is 3. The Kier molecular flexibility index (Phi) is 7.73. The summed E-state index contributed by atoms with van der Waals surface area (Å²) in [6, 6.07) is 21.2. The van der Waals surface area contributed by atoms with E-state index in [-0.39, 0.29) is 11.6 Å². The Labute approximate surface area is 221 Å². The molecule has 0 saturated carbocycles. The average molecular weight is 532 g/mol. The van der Waals surface area contributed by atoms with Crippen molar-refractivity contribution in [1.82, 2.24) is 10.3 Å². The van der Waals surface area contributed by atoms with E-state index in [0.29, 0.717) is 25.5 Å². The van der Waals surface area contributed by atoms with Gasteiger partial charge in [0.25, 0.3) is 0 Å². The van der Waals surface area contributed by atoms with Crippen LogP contribution in [0.15, 0.2) is 89.7 Å². The molecule has 5 rings (SSSR count). The minimum Gasteiger partial charge on any atom is -0.457 e. The van der Waals surface area contributed by atoms with Crippen molar-refractivity contribution in [2.24, 2.45) is 5.73 Å². The second-order valence-corrected chi connectivity index (χ2v) is 11.0. The van der Waals surface area contributed by atoms with Gasteiger partial charge in [0.05, 0.1) is 36.6 Å². The van der Waals surface area contributed by atoms with Crippen molar-refractivity contribution in [3.63, 3.8) is 0 Å². The summed E-state index contributed by atoms with van der Waals surface area (Å²) in [6.07, 6.45) is 7.63. The van der Waals surface area contributed by atoms with E-state index in [4.69, 9.17) is 14.9 Å². The van der Waals surface area contributed by atoms with Crippen LogP contribution in [0.1, 0.15) is 16.9 Å². The highest BCUT2D eigenvalue weighted by Gasteiger charge is 2.19. The SMILES string of the molecule is NCS(=O)(=O)CCNCc1ccc(N2C=Cc3cncc(Nc4ccc(Oc5ccccc5)cc4)c3C2)o1. The molecule has 38 heavy (non-hydrogen) atoms. The molecular formula is C28H29N5O4S. The largest absolute Gasteiger partial charge is 0.457 e. The number of rotatable bonds is 11. The monoisotopic (exact) mass is 531 g/mol. The molecule has 4 N–H and O–H groups in total. The summed E-state index contributed by atoms with van der Waals surface area (Å²) in [7, 11) is -3.21. The number of aromatic nitrogens is 1. The van der Waals surface area contributed by atoms with Gasteiger partial charge in [0.2, 0.25) is 0 Å². The van der Waals surface area contributed by atoms with Crippen molar-refractivity contribution in [1.29, 1.82) is 0 Å². The molecule has 0 atom stereocenters. The molecule has 3 heterocycles. The number of sulfone groups is 1. The molecule has 0 unspecified atom stereocenters. The zero-order valence-electron chi connectivity index (χ0n) is 20.7. The zero-order chi connectivity index (χ0) is 26.4. The molecule has 1 aliphatic heterocycles. The van der Waals surface area contributed by atoms with E-state index in [1.807, 2.05) is 96.3 Å². The van der Waals surface area contributed by atoms with Crippen LogP contribution in [0.4, 0.5) is 17.3 Å². The number of benzene rings is 2. The molecule has 10 heteroatoms. The van der Waals surface area contributed by atoms with Crippen LogP contribution in [0, 0.1) is 0 Å². The zero-order valence-corrected chi connectivity index (χ0v) is 21.5. The summed E-state index contributed by atoms with van der Waals surface area (Å²) in [6.45, 7) is 1.34. The van der Waals surface area contributed by atoms with Crippen molar-refractivity contribution >= 4 is 33.2 Å². The molecular weight excluding hydrogens is 502 g/mol. The van der Waals surface area contributed by atoms with E-state index in [1.54, 1.807) is 0 Å². The number of para-hydroxylation sites is 1. The topological polar surface area (TPSA) is 123 Å². The van der Waals surface area contributed by atoms with Gasteiger partial charge in [-0.25, -0.2) is 8.42 Å². The molecule has 0 saturated heterocycles. The molecule has 4 aromatic rings. The number of ether oxygens (including phenoxy) is 1. The van der Waals surface area contributed by atoms with Crippen molar-refractivity contribution < 1.29 is 17.6 Å². The van der Waals surface area contributed by atoms with E-state index >= 15 is 0 Å². The number of nitrogens with zero attached hydrogens (tertiary/aromatic N) is 2. The van der Waals surface area contributed by atoms with Gasteiger partial charge >= 0.3 is 0 Å². The first-order valence-corrected chi connectivity index (χ1v) is 14.0. The van der Waals surface area contributed by atoms with Crippen molar-refractivity contribution in [3.05, 3.63) is 102 Å². The molecule has 0 bridgehead atoms. The highest BCUT2D eigenvalue weighted by Crippen LogP contribution is 2.32. The molecule has 0 spiro atoms. The first kappa shape index (κ1) is 25.5. The van der Waals surface area contributed by atoms with Crippen molar-refractivity contribution in [2.75, 3.05) is 28.4 Å². The van der Waals surface area contributed by atoms with Gasteiger partial charge in [0.15, 0.2) is 15.7 Å². The quantitative estimate of drug-likeness (QED) is 0.238. The third-order valence-electron chi connectivity index (χ3n) is 6.04. The molecule has 2 aromatic heterocycles. The van der Waals surface area contributed by atoms with Crippen LogP contribution in [-0.2, 0) is 22.9 Å². The fraction of sp³-hybridized carbons (Fsp3) is 0.179. The smallest absolute Gasteiger partial charge is 0.199 e. The lowest BCUT2D eigenvalue weighted by Crippen LogP contribution is -2.26. The van der Waals surface area contributed by atoms with E-state index in [0.717, 1.165) is 39.8 Å². The highest BCUT2D eigenvalue weighted by molar-refractivity contribution is 7.91. The lowest BCUT2D eigenvalue weighted by atomic mass is 10.0. The molecule has 0 fully saturated rings. The van der Waals surface area contributed by atoms with Crippen LogP contribution in [-0.4, -0.2) is 31.6 Å². The van der Waals surface area contributed by atoms with E-state index in [1.165, 1.54) is 0 Å². The van der Waals surface area contributed by atoms with Gasteiger partial charge in [-0.05, 0) is 48.5 Å². The molecule has 0 radical (unpaired) electrons. The van der Waals surface area contributed by atoms with Gasteiger partial charge in [0, 0.05) is 41.8 Å². The van der Waals surface area contributed by atoms with Crippen molar-refractivity contribution in [3.8, 4) is 11.5 Å². The fourth-order valence-electron chi connectivity index (χ4n) is 4.00. The van der Waals surface area contributed by atoms with Crippen LogP contribution >= 0.6 is 0 Å². The summed E-state index contributed by atoms with van der Waals surface area (Å²) >= 11 is 0. The second-order valence-electron chi connectivity index (χ2n) is 8.79. The van der Waals surface area contributed by atoms with Crippen LogP contribution in [0.5, 0.6) is 11.5 Å². The standard InChI is InChI=1S/C28H29N5O4S/c29-20-38(34,35)15-13-30-17-25-10-11-28(37-25)33-14-12-21-16-31-18-27(26(21)19-33)32-22-6-8-24(9-7-22)36-23-4-2-1-3-5-23/h1-12,14,16,18,30,32H,13,15,17,19-20,29H2. The lowest BCUT2D eigenvalue weighted by molar-refractivity contribution is 0.483. The predicted octanol–water partition coefficient (Wildman–Crippen LogP) is 4.62. The van der Waals surface area contributed by atoms with Gasteiger partial charge < -0.3 is 30.4 Å². The molecule has 9 nitrogen and oxygen atoms in total. The fourth-order valence-corrected chi connectivity index (χ4v) is 4.62. The Bertz CT molecular complexity index is 1500. The average Bonchev–Trinajstić information content (AvgIpc) is 3.42. The van der Waals surface area contributed by atoms with E-state index in [9.17, 15) is 8.42 Å². The Morgan fingerprint density at radius 3 is 2.58 bits per heavy atom. The van der Waals surface area contributed by atoms with E-state index < -0.39 is 9.84 Å². The van der Waals surface area contributed by atoms with Gasteiger partial charge in [-0.3, -0.25) is 4.98 Å². The normalized spacial score (nSPS) is 12.8. The number of hydrogen-bond donors (Lipinski definition) is 3. The predicted molar refractivity (Wildman–Crippen MR) is 149 cm³/mol. The number of nitrogens with two attached hydrogens (primary N) is 1. The second kappa shape index (κ2) is 11.5. The summed E-state index contributed by atoms with van der Waals surface area (Å²) in [5, 5.41) is 6.56. The van der Waals surface area contributed by atoms with Crippen LogP contribution in [0.25, 0.3) is 6.08 Å². The van der Waals surface area contributed by atoms with Crippen LogP contribution in [0.3, 0.4) is 0 Å². The van der Waals surface area contributed by atoms with E-state index in [2.05, 4.69) is 15.6 Å². The van der Waals surface area contributed by atoms with Gasteiger partial charge in [0.1, 0.15) is 17.3 Å². The maximum atomic E-state index is 11.5. The first-order valence-electron chi connectivity index (χ1n) is 12.2. The number of hydrogen-bond acceptors (Lipinski definition) is 9. The molecule has 2 aromatic carbocycles. The van der Waals surface area contributed by atoms with Gasteiger partial charge in [-0.2, -0.15) is 0 Å². The minimum atomic E-state index is -3.21. The first-order chi connectivity index (χ1) is 18.5. The Balaban J connectivity index is 1.22. The van der Waals surface area contributed by atoms with Crippen molar-refractivity contribution in [2.45, 2.75) is 13.1 Å². The maximum absolute atomic E-state index is 11.5. The number of pyridine rings is 1. The minimum absolute atomic E-state index is 0.00466. The summed E-state index contributed by atoms with van der Waals surface area (Å²) in [5.74, 6) is 2.61. The molecule has 1 aliphatic rings. The van der Waals surface area contributed by atoms with Crippen LogP contribution < -0.4 is 26.0 Å².